The van der Waals surface area contributed by atoms with E-state index in [1.165, 1.54) is 25.7 Å². The highest BCUT2D eigenvalue weighted by Gasteiger charge is 2.21. The van der Waals surface area contributed by atoms with Crippen LogP contribution in [0.2, 0.25) is 0 Å². The predicted octanol–water partition coefficient (Wildman–Crippen LogP) is 1.40. The van der Waals surface area contributed by atoms with E-state index in [4.69, 9.17) is 6.42 Å². The summed E-state index contributed by atoms with van der Waals surface area (Å²) in [7, 11) is 1.95. The van der Waals surface area contributed by atoms with Gasteiger partial charge in [-0.3, -0.25) is 0 Å². The van der Waals surface area contributed by atoms with E-state index in [-0.39, 0.29) is 0 Å². The summed E-state index contributed by atoms with van der Waals surface area (Å²) in [5.74, 6) is 3.53. The van der Waals surface area contributed by atoms with E-state index in [0.29, 0.717) is 6.04 Å². The maximum absolute atomic E-state index is 5.35. The summed E-state index contributed by atoms with van der Waals surface area (Å²) in [4.78, 5) is 0. The van der Waals surface area contributed by atoms with E-state index in [0.717, 1.165) is 5.92 Å². The maximum atomic E-state index is 5.35. The molecular formula is C9H15N. The van der Waals surface area contributed by atoms with E-state index in [2.05, 4.69) is 11.2 Å². The molecule has 56 valence electrons. The highest BCUT2D eigenvalue weighted by atomic mass is 14.9. The zero-order valence-corrected chi connectivity index (χ0v) is 6.56. The zero-order valence-electron chi connectivity index (χ0n) is 6.56. The van der Waals surface area contributed by atoms with Gasteiger partial charge in [-0.25, -0.2) is 0 Å². The van der Waals surface area contributed by atoms with Crippen molar-refractivity contribution in [2.45, 2.75) is 31.7 Å². The fraction of sp³-hybridized carbons (Fsp3) is 0.778. The molecule has 0 amide bonds. The third-order valence-electron chi connectivity index (χ3n) is 2.36. The molecule has 1 rings (SSSR count). The Labute approximate surface area is 63.2 Å². The molecule has 0 radical (unpaired) electrons. The molecule has 1 aliphatic carbocycles. The molecule has 1 heteroatoms. The van der Waals surface area contributed by atoms with Crippen LogP contribution in [-0.2, 0) is 0 Å². The van der Waals surface area contributed by atoms with Crippen molar-refractivity contribution in [2.75, 3.05) is 7.05 Å². The number of nitrogens with one attached hydrogen (secondary N) is 1. The first-order valence-electron chi connectivity index (χ1n) is 4.02. The summed E-state index contributed by atoms with van der Waals surface area (Å²) < 4.78 is 0. The molecule has 0 bridgehead atoms. The standard InChI is InChI=1S/C9H15N/c1-3-9(10-2)8-6-4-5-7-8/h1,8-10H,4-7H2,2H3. The van der Waals surface area contributed by atoms with Crippen LogP contribution in [0.4, 0.5) is 0 Å². The average Bonchev–Trinajstić information content (AvgIpc) is 2.43. The maximum Gasteiger partial charge on any atom is 0.0713 e. The number of terminal acetylenes is 1. The van der Waals surface area contributed by atoms with Gasteiger partial charge in [-0.1, -0.05) is 18.8 Å². The van der Waals surface area contributed by atoms with Crippen LogP contribution in [0.25, 0.3) is 0 Å². The molecule has 1 unspecified atom stereocenters. The lowest BCUT2D eigenvalue weighted by Gasteiger charge is -2.15. The third kappa shape index (κ3) is 1.52. The van der Waals surface area contributed by atoms with Gasteiger partial charge in [0, 0.05) is 0 Å². The minimum absolute atomic E-state index is 0.322. The molecule has 1 atom stereocenters. The largest absolute Gasteiger partial charge is 0.307 e. The first-order valence-corrected chi connectivity index (χ1v) is 4.02. The number of hydrogen-bond acceptors (Lipinski definition) is 1. The van der Waals surface area contributed by atoms with Crippen molar-refractivity contribution >= 4 is 0 Å². The molecule has 1 fully saturated rings. The first kappa shape index (κ1) is 7.63. The van der Waals surface area contributed by atoms with E-state index in [1.54, 1.807) is 0 Å². The second-order valence-electron chi connectivity index (χ2n) is 2.98. The van der Waals surface area contributed by atoms with Crippen LogP contribution in [-0.4, -0.2) is 13.1 Å². The predicted molar refractivity (Wildman–Crippen MR) is 43.6 cm³/mol. The normalized spacial score (nSPS) is 22.4. The van der Waals surface area contributed by atoms with E-state index < -0.39 is 0 Å². The van der Waals surface area contributed by atoms with E-state index in [9.17, 15) is 0 Å². The molecule has 1 aliphatic rings. The molecule has 1 nitrogen and oxygen atoms in total. The Morgan fingerprint density at radius 3 is 2.50 bits per heavy atom. The Bertz CT molecular complexity index is 128. The Morgan fingerprint density at radius 1 is 1.50 bits per heavy atom. The number of hydrogen-bond donors (Lipinski definition) is 1. The minimum Gasteiger partial charge on any atom is -0.307 e. The quantitative estimate of drug-likeness (QED) is 0.567. The second-order valence-corrected chi connectivity index (χ2v) is 2.98. The smallest absolute Gasteiger partial charge is 0.0713 e. The molecule has 0 spiro atoms. The van der Waals surface area contributed by atoms with Gasteiger partial charge < -0.3 is 5.32 Å². The van der Waals surface area contributed by atoms with Crippen molar-refractivity contribution in [2.24, 2.45) is 5.92 Å². The lowest BCUT2D eigenvalue weighted by atomic mass is 9.99. The van der Waals surface area contributed by atoms with Gasteiger partial charge >= 0.3 is 0 Å². The highest BCUT2D eigenvalue weighted by molar-refractivity contribution is 5.02. The molecule has 0 aromatic rings. The summed E-state index contributed by atoms with van der Waals surface area (Å²) in [5.41, 5.74) is 0. The van der Waals surface area contributed by atoms with Gasteiger partial charge in [-0.15, -0.1) is 6.42 Å². The molecular weight excluding hydrogens is 122 g/mol. The fourth-order valence-electron chi connectivity index (χ4n) is 1.75. The van der Waals surface area contributed by atoms with Gasteiger partial charge in [-0.05, 0) is 25.8 Å². The van der Waals surface area contributed by atoms with Crippen LogP contribution in [0, 0.1) is 18.3 Å². The Hall–Kier alpha value is -0.480. The lowest BCUT2D eigenvalue weighted by molar-refractivity contribution is 0.449. The molecule has 0 aromatic carbocycles. The summed E-state index contributed by atoms with van der Waals surface area (Å²) in [6.45, 7) is 0. The molecule has 10 heavy (non-hydrogen) atoms. The molecule has 0 saturated heterocycles. The summed E-state index contributed by atoms with van der Waals surface area (Å²) >= 11 is 0. The topological polar surface area (TPSA) is 12.0 Å². The van der Waals surface area contributed by atoms with Crippen molar-refractivity contribution in [1.82, 2.24) is 5.32 Å². The molecule has 1 N–H and O–H groups in total. The average molecular weight is 137 g/mol. The Morgan fingerprint density at radius 2 is 2.10 bits per heavy atom. The summed E-state index contributed by atoms with van der Waals surface area (Å²) in [6, 6.07) is 0.322. The SMILES string of the molecule is C#CC(NC)C1CCCC1. The van der Waals surface area contributed by atoms with Crippen LogP contribution in [0.1, 0.15) is 25.7 Å². The molecule has 0 aromatic heterocycles. The van der Waals surface area contributed by atoms with Gasteiger partial charge in [0.1, 0.15) is 0 Å². The van der Waals surface area contributed by atoms with E-state index in [1.807, 2.05) is 7.05 Å². The first-order chi connectivity index (χ1) is 4.88. The summed E-state index contributed by atoms with van der Waals surface area (Å²) in [6.07, 6.45) is 10.7. The number of rotatable bonds is 2. The minimum atomic E-state index is 0.322. The van der Waals surface area contributed by atoms with Gasteiger partial charge in [0.25, 0.3) is 0 Å². The monoisotopic (exact) mass is 137 g/mol. The Kier molecular flexibility index (Phi) is 2.77. The van der Waals surface area contributed by atoms with Crippen LogP contribution in [0.3, 0.4) is 0 Å². The second kappa shape index (κ2) is 3.63. The van der Waals surface area contributed by atoms with Gasteiger partial charge in [0.2, 0.25) is 0 Å². The van der Waals surface area contributed by atoms with Crippen molar-refractivity contribution in [1.29, 1.82) is 0 Å². The van der Waals surface area contributed by atoms with Gasteiger partial charge in [-0.2, -0.15) is 0 Å². The molecule has 1 saturated carbocycles. The van der Waals surface area contributed by atoms with Crippen LogP contribution in [0.15, 0.2) is 0 Å². The van der Waals surface area contributed by atoms with Crippen LogP contribution in [0.5, 0.6) is 0 Å². The van der Waals surface area contributed by atoms with Crippen LogP contribution < -0.4 is 5.32 Å². The van der Waals surface area contributed by atoms with Crippen molar-refractivity contribution < 1.29 is 0 Å². The van der Waals surface area contributed by atoms with Crippen molar-refractivity contribution in [3.63, 3.8) is 0 Å². The third-order valence-corrected chi connectivity index (χ3v) is 2.36. The van der Waals surface area contributed by atoms with Gasteiger partial charge in [0.05, 0.1) is 6.04 Å². The van der Waals surface area contributed by atoms with Crippen molar-refractivity contribution in [3.05, 3.63) is 0 Å². The Balaban J connectivity index is 2.38. The highest BCUT2D eigenvalue weighted by Crippen LogP contribution is 2.27. The van der Waals surface area contributed by atoms with Gasteiger partial charge in [0.15, 0.2) is 0 Å². The lowest BCUT2D eigenvalue weighted by Crippen LogP contribution is -2.30. The zero-order chi connectivity index (χ0) is 7.40. The molecule has 0 heterocycles. The van der Waals surface area contributed by atoms with Crippen molar-refractivity contribution in [3.8, 4) is 12.3 Å². The van der Waals surface area contributed by atoms with Crippen LogP contribution >= 0.6 is 0 Å². The fourth-order valence-corrected chi connectivity index (χ4v) is 1.75. The van der Waals surface area contributed by atoms with E-state index >= 15 is 0 Å². The summed E-state index contributed by atoms with van der Waals surface area (Å²) in [5, 5.41) is 3.16. The molecule has 0 aliphatic heterocycles.